The summed E-state index contributed by atoms with van der Waals surface area (Å²) in [7, 11) is -4.03. The van der Waals surface area contributed by atoms with Gasteiger partial charge in [-0.05, 0) is 68.7 Å². The largest absolute Gasteiger partial charge is 0.355 e. The van der Waals surface area contributed by atoms with Crippen LogP contribution in [0.5, 0.6) is 0 Å². The quantitative estimate of drug-likeness (QED) is 0.499. The predicted octanol–water partition coefficient (Wildman–Crippen LogP) is 4.92. The van der Waals surface area contributed by atoms with Crippen molar-refractivity contribution in [3.8, 4) is 0 Å². The summed E-state index contributed by atoms with van der Waals surface area (Å²) in [6, 6.07) is 7.45. The van der Waals surface area contributed by atoms with Crippen LogP contribution >= 0.6 is 0 Å². The molecule has 0 unspecified atom stereocenters. The van der Waals surface area contributed by atoms with Crippen LogP contribution in [0.3, 0.4) is 0 Å². The van der Waals surface area contributed by atoms with Crippen molar-refractivity contribution in [2.45, 2.75) is 31.6 Å². The van der Waals surface area contributed by atoms with E-state index in [-0.39, 0.29) is 53.8 Å². The molecule has 4 rings (SSSR count). The van der Waals surface area contributed by atoms with Crippen molar-refractivity contribution in [1.29, 1.82) is 0 Å². The fourth-order valence-electron chi connectivity index (χ4n) is 4.00. The zero-order chi connectivity index (χ0) is 26.0. The fraction of sp³-hybridized carbons (Fsp3) is 0.280. The summed E-state index contributed by atoms with van der Waals surface area (Å²) < 4.78 is 74.0. The van der Waals surface area contributed by atoms with Crippen LogP contribution in [-0.2, 0) is 14.8 Å². The molecule has 0 saturated carbocycles. The molecule has 190 valence electrons. The summed E-state index contributed by atoms with van der Waals surface area (Å²) >= 11 is 0. The van der Waals surface area contributed by atoms with Crippen LogP contribution in [0, 0.1) is 37.2 Å². The van der Waals surface area contributed by atoms with Crippen molar-refractivity contribution in [1.82, 2.24) is 9.46 Å². The molecule has 11 heteroatoms. The third kappa shape index (κ3) is 5.36. The number of sulfonamides is 1. The summed E-state index contributed by atoms with van der Waals surface area (Å²) in [4.78, 5) is 12.5. The molecular weight excluding hydrogens is 495 g/mol. The maximum Gasteiger partial charge on any atom is 0.248 e. The lowest BCUT2D eigenvalue weighted by Gasteiger charge is -2.30. The number of piperidine rings is 1. The highest BCUT2D eigenvalue weighted by Crippen LogP contribution is 2.30. The normalized spacial score (nSPS) is 15.5. The molecule has 1 aromatic heterocycles. The zero-order valence-electron chi connectivity index (χ0n) is 19.6. The highest BCUT2D eigenvalue weighted by Gasteiger charge is 2.36. The number of aromatic nitrogens is 1. The first kappa shape index (κ1) is 25.6. The van der Waals surface area contributed by atoms with E-state index in [0.717, 1.165) is 12.1 Å². The van der Waals surface area contributed by atoms with Gasteiger partial charge in [-0.15, -0.1) is 0 Å². The van der Waals surface area contributed by atoms with E-state index >= 15 is 0 Å². The number of anilines is 1. The second kappa shape index (κ2) is 10.3. The Balaban J connectivity index is 1.46. The number of benzene rings is 2. The van der Waals surface area contributed by atoms with E-state index in [1.54, 1.807) is 19.1 Å². The van der Waals surface area contributed by atoms with E-state index in [9.17, 15) is 26.4 Å². The number of hydrogen-bond donors (Lipinski definition) is 1. The lowest BCUT2D eigenvalue weighted by atomic mass is 9.97. The molecule has 1 fully saturated rings. The van der Waals surface area contributed by atoms with Crippen LogP contribution in [0.25, 0.3) is 12.2 Å². The van der Waals surface area contributed by atoms with Gasteiger partial charge >= 0.3 is 0 Å². The number of hydrogen-bond acceptors (Lipinski definition) is 5. The van der Waals surface area contributed by atoms with Crippen LogP contribution in [0.4, 0.5) is 18.9 Å². The van der Waals surface area contributed by atoms with E-state index in [1.165, 1.54) is 35.5 Å². The summed E-state index contributed by atoms with van der Waals surface area (Å²) in [5, 5.41) is 6.43. The number of nitrogens with zero attached hydrogens (tertiary/aromatic N) is 2. The molecule has 2 heterocycles. The van der Waals surface area contributed by atoms with Gasteiger partial charge in [0.05, 0.1) is 0 Å². The minimum Gasteiger partial charge on any atom is -0.355 e. The first-order chi connectivity index (χ1) is 17.1. The number of rotatable bonds is 6. The second-order valence-electron chi connectivity index (χ2n) is 8.59. The van der Waals surface area contributed by atoms with Crippen molar-refractivity contribution < 1.29 is 30.9 Å². The monoisotopic (exact) mass is 519 g/mol. The van der Waals surface area contributed by atoms with Crippen LogP contribution in [0.2, 0.25) is 0 Å². The standard InChI is InChI=1S/C25H24F3N3O4S/c1-15-3-7-20(14-21(15)27)29-25(32)18-9-11-31(12-10-18)36(33,34)24-16(2)30-35-23(24)8-5-17-4-6-19(26)13-22(17)28/h3-8,13-14,18H,9-12H2,1-2H3,(H,29,32)/b8-5+. The van der Waals surface area contributed by atoms with Gasteiger partial charge in [0.25, 0.3) is 0 Å². The number of amides is 1. The van der Waals surface area contributed by atoms with E-state index in [2.05, 4.69) is 10.5 Å². The van der Waals surface area contributed by atoms with E-state index < -0.39 is 33.4 Å². The van der Waals surface area contributed by atoms with Gasteiger partial charge in [0.15, 0.2) is 10.7 Å². The molecule has 1 N–H and O–H groups in total. The Hall–Kier alpha value is -3.44. The minimum atomic E-state index is -4.03. The van der Waals surface area contributed by atoms with Gasteiger partial charge in [0.2, 0.25) is 15.9 Å². The van der Waals surface area contributed by atoms with Gasteiger partial charge < -0.3 is 9.84 Å². The molecule has 1 aliphatic heterocycles. The first-order valence-corrected chi connectivity index (χ1v) is 12.7. The number of aryl methyl sites for hydroxylation is 2. The zero-order valence-corrected chi connectivity index (χ0v) is 20.4. The summed E-state index contributed by atoms with van der Waals surface area (Å²) in [5.41, 5.74) is 0.990. The second-order valence-corrected chi connectivity index (χ2v) is 10.5. The van der Waals surface area contributed by atoms with E-state index in [4.69, 9.17) is 4.52 Å². The molecule has 36 heavy (non-hydrogen) atoms. The average molecular weight is 520 g/mol. The molecule has 3 aromatic rings. The maximum absolute atomic E-state index is 13.9. The average Bonchev–Trinajstić information content (AvgIpc) is 3.22. The van der Waals surface area contributed by atoms with Gasteiger partial charge in [0.1, 0.15) is 23.1 Å². The Labute approximate surface area is 206 Å². The van der Waals surface area contributed by atoms with Crippen molar-refractivity contribution in [3.63, 3.8) is 0 Å². The molecule has 7 nitrogen and oxygen atoms in total. The highest BCUT2D eigenvalue weighted by atomic mass is 32.2. The molecule has 0 spiro atoms. The molecule has 0 radical (unpaired) electrons. The van der Waals surface area contributed by atoms with Crippen molar-refractivity contribution in [2.24, 2.45) is 5.92 Å². The molecule has 2 aromatic carbocycles. The number of nitrogens with one attached hydrogen (secondary N) is 1. The summed E-state index contributed by atoms with van der Waals surface area (Å²) in [6.45, 7) is 3.27. The molecule has 1 saturated heterocycles. The van der Waals surface area contributed by atoms with Gasteiger partial charge in [-0.1, -0.05) is 11.2 Å². The lowest BCUT2D eigenvalue weighted by molar-refractivity contribution is -0.120. The third-order valence-corrected chi connectivity index (χ3v) is 8.13. The van der Waals surface area contributed by atoms with Crippen molar-refractivity contribution in [2.75, 3.05) is 18.4 Å². The van der Waals surface area contributed by atoms with Crippen molar-refractivity contribution in [3.05, 3.63) is 76.4 Å². The van der Waals surface area contributed by atoms with Crippen molar-refractivity contribution >= 4 is 33.8 Å². The Kier molecular flexibility index (Phi) is 7.32. The lowest BCUT2D eigenvalue weighted by Crippen LogP contribution is -2.41. The van der Waals surface area contributed by atoms with Crippen LogP contribution in [0.1, 0.15) is 35.4 Å². The number of halogens is 3. The van der Waals surface area contributed by atoms with Crippen LogP contribution in [-0.4, -0.2) is 36.9 Å². The number of carbonyl (C=O) groups excluding carboxylic acids is 1. The predicted molar refractivity (Wildman–Crippen MR) is 128 cm³/mol. The van der Waals surface area contributed by atoms with Gasteiger partial charge in [-0.2, -0.15) is 4.31 Å². The Morgan fingerprint density at radius 3 is 2.44 bits per heavy atom. The van der Waals surface area contributed by atoms with E-state index in [1.807, 2.05) is 0 Å². The smallest absolute Gasteiger partial charge is 0.248 e. The third-order valence-electron chi connectivity index (χ3n) is 6.07. The molecular formula is C25H24F3N3O4S. The fourth-order valence-corrected chi connectivity index (χ4v) is 5.72. The molecule has 0 aliphatic carbocycles. The van der Waals surface area contributed by atoms with E-state index in [0.29, 0.717) is 11.3 Å². The SMILES string of the molecule is Cc1ccc(NC(=O)C2CCN(S(=O)(=O)c3c(C)noc3/C=C/c3ccc(F)cc3F)CC2)cc1F. The summed E-state index contributed by atoms with van der Waals surface area (Å²) in [6.07, 6.45) is 3.09. The Bertz CT molecular complexity index is 1430. The molecule has 0 bridgehead atoms. The molecule has 1 amide bonds. The Morgan fingerprint density at radius 2 is 1.78 bits per heavy atom. The van der Waals surface area contributed by atoms with Crippen LogP contribution in [0.15, 0.2) is 45.8 Å². The first-order valence-electron chi connectivity index (χ1n) is 11.2. The Morgan fingerprint density at radius 1 is 1.06 bits per heavy atom. The molecule has 1 aliphatic rings. The van der Waals surface area contributed by atoms with Crippen LogP contribution < -0.4 is 5.32 Å². The van der Waals surface area contributed by atoms with Gasteiger partial charge in [0, 0.05) is 36.3 Å². The minimum absolute atomic E-state index is 0.0501. The highest BCUT2D eigenvalue weighted by molar-refractivity contribution is 7.89. The van der Waals surface area contributed by atoms with Gasteiger partial charge in [-0.25, -0.2) is 21.6 Å². The topological polar surface area (TPSA) is 92.5 Å². The number of carbonyl (C=O) groups is 1. The summed E-state index contributed by atoms with van der Waals surface area (Å²) in [5.74, 6) is -2.79. The molecule has 0 atom stereocenters. The maximum atomic E-state index is 13.9. The van der Waals surface area contributed by atoms with Gasteiger partial charge in [-0.3, -0.25) is 4.79 Å².